The maximum absolute atomic E-state index is 12.2. The zero-order valence-electron chi connectivity index (χ0n) is 13.3. The molecule has 0 aromatic carbocycles. The molecule has 5 nitrogen and oxygen atoms in total. The molecule has 3 N–H and O–H groups in total. The molecule has 2 atom stereocenters. The third-order valence-electron chi connectivity index (χ3n) is 4.36. The number of rotatable bonds is 3. The van der Waals surface area contributed by atoms with Crippen LogP contribution in [0.4, 0.5) is 0 Å². The number of nitrogens with one attached hydrogen (secondary N) is 3. The highest BCUT2D eigenvalue weighted by atomic mass is 32.1. The van der Waals surface area contributed by atoms with E-state index in [1.807, 2.05) is 6.07 Å². The van der Waals surface area contributed by atoms with Gasteiger partial charge in [0.1, 0.15) is 0 Å². The number of ether oxygens (including phenoxy) is 1. The number of hydrazine groups is 1. The summed E-state index contributed by atoms with van der Waals surface area (Å²) in [6.45, 7) is 3.76. The van der Waals surface area contributed by atoms with Crippen molar-refractivity contribution in [2.45, 2.75) is 45.1 Å². The molecule has 1 saturated heterocycles. The Morgan fingerprint density at radius 2 is 2.30 bits per heavy atom. The Balaban J connectivity index is 1.44. The number of fused-ring (bicyclic) bond motifs is 1. The van der Waals surface area contributed by atoms with Crippen LogP contribution in [0.2, 0.25) is 0 Å². The van der Waals surface area contributed by atoms with E-state index in [1.165, 1.54) is 16.9 Å². The first-order chi connectivity index (χ1) is 11.1. The Bertz CT molecular complexity index is 582. The monoisotopic (exact) mass is 353 g/mol. The molecule has 1 amide bonds. The van der Waals surface area contributed by atoms with Crippen molar-refractivity contribution < 1.29 is 9.53 Å². The summed E-state index contributed by atoms with van der Waals surface area (Å²) in [7, 11) is 0. The van der Waals surface area contributed by atoms with Crippen LogP contribution in [0.15, 0.2) is 6.07 Å². The first kappa shape index (κ1) is 16.7. The van der Waals surface area contributed by atoms with Crippen LogP contribution in [0, 0.1) is 5.92 Å². The van der Waals surface area contributed by atoms with Gasteiger partial charge in [-0.15, -0.1) is 11.3 Å². The predicted octanol–water partition coefficient (Wildman–Crippen LogP) is 2.16. The average molecular weight is 354 g/mol. The van der Waals surface area contributed by atoms with E-state index in [0.29, 0.717) is 17.6 Å². The van der Waals surface area contributed by atoms with E-state index in [1.54, 1.807) is 11.3 Å². The summed E-state index contributed by atoms with van der Waals surface area (Å²) in [5, 5.41) is 3.49. The van der Waals surface area contributed by atoms with Crippen LogP contribution in [0.1, 0.15) is 46.3 Å². The van der Waals surface area contributed by atoms with Gasteiger partial charge in [-0.3, -0.25) is 15.6 Å². The number of hydrogen-bond acceptors (Lipinski definition) is 4. The molecule has 0 saturated carbocycles. The maximum Gasteiger partial charge on any atom is 0.279 e. The lowest BCUT2D eigenvalue weighted by Gasteiger charge is -2.16. The van der Waals surface area contributed by atoms with Crippen molar-refractivity contribution in [3.8, 4) is 0 Å². The molecule has 1 fully saturated rings. The van der Waals surface area contributed by atoms with Gasteiger partial charge in [0, 0.05) is 18.0 Å². The highest BCUT2D eigenvalue weighted by molar-refractivity contribution is 7.80. The van der Waals surface area contributed by atoms with E-state index < -0.39 is 0 Å². The number of carbonyl (C=O) groups is 1. The van der Waals surface area contributed by atoms with Gasteiger partial charge >= 0.3 is 0 Å². The third kappa shape index (κ3) is 4.43. The van der Waals surface area contributed by atoms with E-state index >= 15 is 0 Å². The van der Waals surface area contributed by atoms with E-state index in [0.717, 1.165) is 37.2 Å². The fourth-order valence-corrected chi connectivity index (χ4v) is 4.29. The second-order valence-corrected chi connectivity index (χ2v) is 7.88. The van der Waals surface area contributed by atoms with Crippen LogP contribution in [-0.4, -0.2) is 30.3 Å². The fourth-order valence-electron chi connectivity index (χ4n) is 3.05. The molecule has 3 rings (SSSR count). The van der Waals surface area contributed by atoms with E-state index in [4.69, 9.17) is 17.0 Å². The van der Waals surface area contributed by atoms with Gasteiger partial charge in [0.2, 0.25) is 0 Å². The predicted molar refractivity (Wildman–Crippen MR) is 95.7 cm³/mol. The summed E-state index contributed by atoms with van der Waals surface area (Å²) >= 11 is 6.77. The molecule has 126 valence electrons. The molecule has 0 bridgehead atoms. The number of carbonyl (C=O) groups excluding carboxylic acids is 1. The van der Waals surface area contributed by atoms with Gasteiger partial charge < -0.3 is 10.1 Å². The van der Waals surface area contributed by atoms with Gasteiger partial charge in [-0.1, -0.05) is 6.92 Å². The number of thiophene rings is 1. The number of thiocarbonyl (C=S) groups is 1. The SMILES string of the molecule is C[C@H]1CCc2sc(C(=O)NNC(=S)NC[C@@H]3CCCO3)cc2C1. The highest BCUT2D eigenvalue weighted by Crippen LogP contribution is 2.32. The quantitative estimate of drug-likeness (QED) is 0.574. The number of hydrogen-bond donors (Lipinski definition) is 3. The summed E-state index contributed by atoms with van der Waals surface area (Å²) in [5.41, 5.74) is 6.77. The van der Waals surface area contributed by atoms with Crippen LogP contribution in [0.5, 0.6) is 0 Å². The summed E-state index contributed by atoms with van der Waals surface area (Å²) in [6, 6.07) is 2.02. The molecule has 23 heavy (non-hydrogen) atoms. The lowest BCUT2D eigenvalue weighted by atomic mass is 9.90. The highest BCUT2D eigenvalue weighted by Gasteiger charge is 2.21. The summed E-state index contributed by atoms with van der Waals surface area (Å²) in [4.78, 5) is 14.3. The van der Waals surface area contributed by atoms with E-state index in [-0.39, 0.29) is 12.0 Å². The van der Waals surface area contributed by atoms with Gasteiger partial charge in [0.15, 0.2) is 5.11 Å². The normalized spacial score (nSPS) is 23.2. The van der Waals surface area contributed by atoms with E-state index in [2.05, 4.69) is 23.1 Å². The Labute approximate surface area is 146 Å². The number of amides is 1. The summed E-state index contributed by atoms with van der Waals surface area (Å²) in [5.74, 6) is 0.582. The molecule has 7 heteroatoms. The molecule has 1 aromatic rings. The first-order valence-electron chi connectivity index (χ1n) is 8.19. The van der Waals surface area contributed by atoms with Gasteiger partial charge in [-0.25, -0.2) is 0 Å². The average Bonchev–Trinajstić information content (AvgIpc) is 3.19. The van der Waals surface area contributed by atoms with Gasteiger partial charge in [0.25, 0.3) is 5.91 Å². The van der Waals surface area contributed by atoms with Crippen molar-refractivity contribution in [1.29, 1.82) is 0 Å². The second-order valence-electron chi connectivity index (χ2n) is 6.33. The standard InChI is InChI=1S/C16H23N3O2S2/c1-10-4-5-13-11(7-10)8-14(23-13)15(20)18-19-16(22)17-9-12-3-2-6-21-12/h8,10,12H,2-7,9H2,1H3,(H,18,20)(H2,17,19,22)/t10-,12-/m0/s1. The second kappa shape index (κ2) is 7.59. The molecule has 0 unspecified atom stereocenters. The molecular formula is C16H23N3O2S2. The number of aryl methyl sites for hydroxylation is 1. The molecule has 1 aliphatic heterocycles. The Kier molecular flexibility index (Phi) is 5.50. The van der Waals surface area contributed by atoms with Gasteiger partial charge in [0.05, 0.1) is 11.0 Å². The summed E-state index contributed by atoms with van der Waals surface area (Å²) < 4.78 is 5.52. The fraction of sp³-hybridized carbons (Fsp3) is 0.625. The minimum Gasteiger partial charge on any atom is -0.376 e. The Morgan fingerprint density at radius 1 is 1.43 bits per heavy atom. The van der Waals surface area contributed by atoms with Crippen molar-refractivity contribution in [2.75, 3.05) is 13.2 Å². The van der Waals surface area contributed by atoms with Crippen LogP contribution in [0.3, 0.4) is 0 Å². The third-order valence-corrected chi connectivity index (χ3v) is 5.84. The van der Waals surface area contributed by atoms with Gasteiger partial charge in [-0.05, 0) is 61.9 Å². The van der Waals surface area contributed by atoms with Crippen molar-refractivity contribution in [2.24, 2.45) is 5.92 Å². The van der Waals surface area contributed by atoms with Crippen molar-refractivity contribution in [1.82, 2.24) is 16.2 Å². The largest absolute Gasteiger partial charge is 0.376 e. The lowest BCUT2D eigenvalue weighted by molar-refractivity contribution is 0.0947. The molecule has 2 heterocycles. The van der Waals surface area contributed by atoms with Crippen LogP contribution in [0.25, 0.3) is 0 Å². The zero-order chi connectivity index (χ0) is 16.2. The molecule has 0 radical (unpaired) electrons. The van der Waals surface area contributed by atoms with Crippen molar-refractivity contribution in [3.63, 3.8) is 0 Å². The smallest absolute Gasteiger partial charge is 0.279 e. The summed E-state index contributed by atoms with van der Waals surface area (Å²) in [6.07, 6.45) is 5.75. The first-order valence-corrected chi connectivity index (χ1v) is 9.41. The zero-order valence-corrected chi connectivity index (χ0v) is 14.9. The molecule has 0 spiro atoms. The van der Waals surface area contributed by atoms with Gasteiger partial charge in [-0.2, -0.15) is 0 Å². The van der Waals surface area contributed by atoms with Crippen LogP contribution in [-0.2, 0) is 17.6 Å². The lowest BCUT2D eigenvalue weighted by Crippen LogP contribution is -2.48. The topological polar surface area (TPSA) is 62.4 Å². The van der Waals surface area contributed by atoms with Crippen LogP contribution < -0.4 is 16.2 Å². The van der Waals surface area contributed by atoms with Crippen molar-refractivity contribution >= 4 is 34.6 Å². The van der Waals surface area contributed by atoms with Crippen LogP contribution >= 0.6 is 23.6 Å². The Morgan fingerprint density at radius 3 is 3.09 bits per heavy atom. The Hall–Kier alpha value is -1.18. The molecule has 2 aliphatic rings. The maximum atomic E-state index is 12.2. The van der Waals surface area contributed by atoms with E-state index in [9.17, 15) is 4.79 Å². The molecule has 1 aliphatic carbocycles. The van der Waals surface area contributed by atoms with Crippen molar-refractivity contribution in [3.05, 3.63) is 21.4 Å². The molecular weight excluding hydrogens is 330 g/mol. The minimum absolute atomic E-state index is 0.127. The minimum atomic E-state index is -0.127. The molecule has 1 aromatic heterocycles.